The number of pyridine rings is 1. The predicted molar refractivity (Wildman–Crippen MR) is 76.8 cm³/mol. The van der Waals surface area contributed by atoms with Crippen LogP contribution in [0.25, 0.3) is 0 Å². The quantitative estimate of drug-likeness (QED) is 0.371. The van der Waals surface area contributed by atoms with Gasteiger partial charge < -0.3 is 15.8 Å². The lowest BCUT2D eigenvalue weighted by molar-refractivity contribution is 0.318. The molecule has 0 aromatic carbocycles. The van der Waals surface area contributed by atoms with Crippen LogP contribution in [-0.4, -0.2) is 29.1 Å². The van der Waals surface area contributed by atoms with Gasteiger partial charge in [0, 0.05) is 19.3 Å². The van der Waals surface area contributed by atoms with Crippen LogP contribution >= 0.6 is 0 Å². The summed E-state index contributed by atoms with van der Waals surface area (Å²) in [5, 5.41) is 12.1. The molecule has 0 bridgehead atoms. The maximum Gasteiger partial charge on any atom is 0.174 e. The van der Waals surface area contributed by atoms with Crippen LogP contribution in [0.3, 0.4) is 0 Å². The first kappa shape index (κ1) is 13.6. The Kier molecular flexibility index (Phi) is 4.60. The summed E-state index contributed by atoms with van der Waals surface area (Å²) in [6.07, 6.45) is 7.98. The van der Waals surface area contributed by atoms with Crippen LogP contribution in [-0.2, 0) is 0 Å². The largest absolute Gasteiger partial charge is 0.409 e. The van der Waals surface area contributed by atoms with E-state index in [9.17, 15) is 0 Å². The first-order chi connectivity index (χ1) is 9.24. The Morgan fingerprint density at radius 2 is 1.89 bits per heavy atom. The number of nitrogens with two attached hydrogens (primary N) is 1. The molecule has 19 heavy (non-hydrogen) atoms. The summed E-state index contributed by atoms with van der Waals surface area (Å²) in [7, 11) is 0. The topological polar surface area (TPSA) is 74.7 Å². The van der Waals surface area contributed by atoms with Crippen molar-refractivity contribution < 1.29 is 5.21 Å². The molecular weight excluding hydrogens is 240 g/mol. The number of aromatic nitrogens is 1. The molecule has 104 valence electrons. The van der Waals surface area contributed by atoms with Crippen LogP contribution in [0.2, 0.25) is 0 Å². The lowest BCUT2D eigenvalue weighted by atomic mass is 10.1. The van der Waals surface area contributed by atoms with Crippen molar-refractivity contribution in [3.8, 4) is 0 Å². The van der Waals surface area contributed by atoms with E-state index in [1.807, 2.05) is 13.0 Å². The van der Waals surface area contributed by atoms with Gasteiger partial charge in [-0.3, -0.25) is 0 Å². The summed E-state index contributed by atoms with van der Waals surface area (Å²) in [5.74, 6) is 0.986. The summed E-state index contributed by atoms with van der Waals surface area (Å²) in [4.78, 5) is 6.72. The van der Waals surface area contributed by atoms with Gasteiger partial charge in [-0.25, -0.2) is 4.98 Å². The highest BCUT2D eigenvalue weighted by Crippen LogP contribution is 2.23. The van der Waals surface area contributed by atoms with Gasteiger partial charge in [-0.05, 0) is 31.4 Å². The Balaban J connectivity index is 2.34. The summed E-state index contributed by atoms with van der Waals surface area (Å²) < 4.78 is 0. The molecule has 3 N–H and O–H groups in total. The lowest BCUT2D eigenvalue weighted by Crippen LogP contribution is -2.31. The summed E-state index contributed by atoms with van der Waals surface area (Å²) in [6, 6.07) is 1.89. The molecule has 2 heterocycles. The Bertz CT molecular complexity index is 451. The minimum atomic E-state index is 0.141. The van der Waals surface area contributed by atoms with Crippen molar-refractivity contribution in [1.82, 2.24) is 4.98 Å². The summed E-state index contributed by atoms with van der Waals surface area (Å²) in [5.41, 5.74) is 7.55. The van der Waals surface area contributed by atoms with Gasteiger partial charge in [-0.15, -0.1) is 0 Å². The highest BCUT2D eigenvalue weighted by atomic mass is 16.4. The fraction of sp³-hybridized carbons (Fsp3) is 0.571. The number of oxime groups is 1. The van der Waals surface area contributed by atoms with Crippen molar-refractivity contribution in [2.75, 3.05) is 18.0 Å². The molecule has 1 aliphatic heterocycles. The third-order valence-corrected chi connectivity index (χ3v) is 3.66. The second kappa shape index (κ2) is 6.41. The number of aryl methyl sites for hydroxylation is 1. The van der Waals surface area contributed by atoms with Gasteiger partial charge in [0.2, 0.25) is 0 Å². The van der Waals surface area contributed by atoms with Crippen molar-refractivity contribution in [2.24, 2.45) is 10.9 Å². The summed E-state index contributed by atoms with van der Waals surface area (Å²) >= 11 is 0. The van der Waals surface area contributed by atoms with Gasteiger partial charge in [0.25, 0.3) is 0 Å². The molecule has 0 radical (unpaired) electrons. The molecule has 0 unspecified atom stereocenters. The zero-order valence-corrected chi connectivity index (χ0v) is 11.5. The third kappa shape index (κ3) is 3.16. The van der Waals surface area contributed by atoms with Gasteiger partial charge in [-0.2, -0.15) is 0 Å². The second-order valence-electron chi connectivity index (χ2n) is 5.07. The van der Waals surface area contributed by atoms with E-state index in [1.54, 1.807) is 6.20 Å². The van der Waals surface area contributed by atoms with Gasteiger partial charge in [0.05, 0.1) is 5.56 Å². The summed E-state index contributed by atoms with van der Waals surface area (Å²) in [6.45, 7) is 3.94. The number of nitrogens with zero attached hydrogens (tertiary/aromatic N) is 3. The molecule has 1 saturated heterocycles. The van der Waals surface area contributed by atoms with Gasteiger partial charge in [-0.1, -0.05) is 24.4 Å². The number of hydrogen-bond acceptors (Lipinski definition) is 4. The van der Waals surface area contributed by atoms with E-state index in [-0.39, 0.29) is 5.84 Å². The number of rotatable bonds is 2. The van der Waals surface area contributed by atoms with Crippen LogP contribution in [0, 0.1) is 6.92 Å². The monoisotopic (exact) mass is 262 g/mol. The van der Waals surface area contributed by atoms with E-state index in [2.05, 4.69) is 15.0 Å². The minimum Gasteiger partial charge on any atom is -0.409 e. The Hall–Kier alpha value is -1.78. The van der Waals surface area contributed by atoms with Crippen LogP contribution in [0.4, 0.5) is 5.82 Å². The molecule has 1 fully saturated rings. The van der Waals surface area contributed by atoms with Crippen LogP contribution in [0.5, 0.6) is 0 Å². The van der Waals surface area contributed by atoms with E-state index in [4.69, 9.17) is 10.9 Å². The standard InChI is InChI=1S/C14H22N4O/c1-11-7-8-16-14(12(11)13(15)17-19)18-9-5-3-2-4-6-10-18/h7-8,19H,2-6,9-10H2,1H3,(H2,15,17). The van der Waals surface area contributed by atoms with Crippen molar-refractivity contribution in [2.45, 2.75) is 39.0 Å². The minimum absolute atomic E-state index is 0.141. The van der Waals surface area contributed by atoms with E-state index in [0.717, 1.165) is 30.0 Å². The van der Waals surface area contributed by atoms with E-state index in [1.165, 1.54) is 32.1 Å². The zero-order valence-electron chi connectivity index (χ0n) is 11.5. The van der Waals surface area contributed by atoms with Gasteiger partial charge in [0.15, 0.2) is 5.84 Å². The molecular formula is C14H22N4O. The van der Waals surface area contributed by atoms with Crippen LogP contribution < -0.4 is 10.6 Å². The fourth-order valence-electron chi connectivity index (χ4n) is 2.61. The Labute approximate surface area is 114 Å². The molecule has 2 rings (SSSR count). The maximum absolute atomic E-state index is 8.95. The molecule has 1 aliphatic rings. The predicted octanol–water partition coefficient (Wildman–Crippen LogP) is 2.26. The zero-order chi connectivity index (χ0) is 13.7. The Morgan fingerprint density at radius 1 is 1.26 bits per heavy atom. The normalized spacial score (nSPS) is 17.9. The number of amidine groups is 1. The number of anilines is 1. The molecule has 1 aromatic heterocycles. The first-order valence-electron chi connectivity index (χ1n) is 6.92. The molecule has 0 atom stereocenters. The fourth-order valence-corrected chi connectivity index (χ4v) is 2.61. The highest BCUT2D eigenvalue weighted by Gasteiger charge is 2.18. The molecule has 5 heteroatoms. The maximum atomic E-state index is 8.95. The Morgan fingerprint density at radius 3 is 2.53 bits per heavy atom. The van der Waals surface area contributed by atoms with Gasteiger partial charge >= 0.3 is 0 Å². The third-order valence-electron chi connectivity index (χ3n) is 3.66. The number of hydrogen-bond donors (Lipinski definition) is 2. The molecule has 0 saturated carbocycles. The average molecular weight is 262 g/mol. The molecule has 5 nitrogen and oxygen atoms in total. The van der Waals surface area contributed by atoms with Crippen LogP contribution in [0.1, 0.15) is 43.2 Å². The van der Waals surface area contributed by atoms with Crippen molar-refractivity contribution in [3.05, 3.63) is 23.4 Å². The van der Waals surface area contributed by atoms with E-state index in [0.29, 0.717) is 0 Å². The molecule has 0 amide bonds. The highest BCUT2D eigenvalue weighted by molar-refractivity contribution is 6.02. The SMILES string of the molecule is Cc1ccnc(N2CCCCCCC2)c1/C(N)=N/O. The molecule has 1 aromatic rings. The van der Waals surface area contributed by atoms with Gasteiger partial charge in [0.1, 0.15) is 5.82 Å². The molecule has 0 aliphatic carbocycles. The smallest absolute Gasteiger partial charge is 0.174 e. The second-order valence-corrected chi connectivity index (χ2v) is 5.07. The van der Waals surface area contributed by atoms with Crippen molar-refractivity contribution >= 4 is 11.7 Å². The van der Waals surface area contributed by atoms with E-state index >= 15 is 0 Å². The van der Waals surface area contributed by atoms with E-state index < -0.39 is 0 Å². The average Bonchev–Trinajstić information content (AvgIpc) is 2.37. The van der Waals surface area contributed by atoms with Crippen molar-refractivity contribution in [1.29, 1.82) is 0 Å². The lowest BCUT2D eigenvalue weighted by Gasteiger charge is -2.28. The van der Waals surface area contributed by atoms with Crippen LogP contribution in [0.15, 0.2) is 17.4 Å². The first-order valence-corrected chi connectivity index (χ1v) is 6.92. The van der Waals surface area contributed by atoms with Crippen molar-refractivity contribution in [3.63, 3.8) is 0 Å². The molecule has 0 spiro atoms.